The maximum absolute atomic E-state index is 13.6. The number of ether oxygens (including phenoxy) is 1. The van der Waals surface area contributed by atoms with Crippen molar-refractivity contribution in [3.63, 3.8) is 0 Å². The fourth-order valence-electron chi connectivity index (χ4n) is 7.64. The second-order valence-electron chi connectivity index (χ2n) is 12.2. The Morgan fingerprint density at radius 2 is 1.57 bits per heavy atom. The third-order valence-corrected chi connectivity index (χ3v) is 10.1. The predicted molar refractivity (Wildman–Crippen MR) is 146 cm³/mol. The zero-order valence-corrected chi connectivity index (χ0v) is 22.6. The van der Waals surface area contributed by atoms with Gasteiger partial charge in [-0.2, -0.15) is 0 Å². The molecule has 0 N–H and O–H groups in total. The highest BCUT2D eigenvalue weighted by Crippen LogP contribution is 2.44. The molecule has 5 fully saturated rings. The summed E-state index contributed by atoms with van der Waals surface area (Å²) in [4.78, 5) is 35.9. The average molecular weight is 509 g/mol. The van der Waals surface area contributed by atoms with Crippen LogP contribution in [0.5, 0.6) is 0 Å². The number of likely N-dealkylation sites (tertiary alicyclic amines) is 2. The fraction of sp³-hybridized carbons (Fsp3) is 0.733. The van der Waals surface area contributed by atoms with Gasteiger partial charge in [0.15, 0.2) is 0 Å². The first-order valence-corrected chi connectivity index (χ1v) is 14.8. The van der Waals surface area contributed by atoms with Crippen molar-refractivity contribution in [3.8, 4) is 0 Å². The molecule has 0 aromatic heterocycles. The summed E-state index contributed by atoms with van der Waals surface area (Å²) in [6.45, 7) is 9.45. The number of amides is 2. The minimum atomic E-state index is -0.293. The molecule has 5 heterocycles. The molecule has 0 aliphatic carbocycles. The van der Waals surface area contributed by atoms with Crippen LogP contribution >= 0.6 is 0 Å². The van der Waals surface area contributed by atoms with Gasteiger partial charge < -0.3 is 19.4 Å². The summed E-state index contributed by atoms with van der Waals surface area (Å²) in [5.41, 5.74) is 2.00. The van der Waals surface area contributed by atoms with E-state index in [-0.39, 0.29) is 23.1 Å². The Labute approximate surface area is 222 Å². The van der Waals surface area contributed by atoms with Gasteiger partial charge in [-0.15, -0.1) is 0 Å². The van der Waals surface area contributed by atoms with Crippen LogP contribution in [0.3, 0.4) is 0 Å². The number of rotatable bonds is 4. The molecule has 5 aliphatic rings. The van der Waals surface area contributed by atoms with Crippen LogP contribution in [0.15, 0.2) is 24.3 Å². The summed E-state index contributed by atoms with van der Waals surface area (Å²) < 4.78 is 5.43. The van der Waals surface area contributed by atoms with Gasteiger partial charge in [0.05, 0.1) is 5.41 Å². The standard InChI is InChI=1S/C30H44N4O3/c1-23-4-2-3-15-33(23)27-9-16-32(22-27)25-5-7-26(8-6-25)34-19-14-30(29(34)36)12-17-31(18-13-30)28(35)24-10-20-37-21-11-24/h5-8,23-24,27H,2-4,9-22H2,1H3/t23-,27-/m0/s1. The Morgan fingerprint density at radius 3 is 2.30 bits per heavy atom. The lowest BCUT2D eigenvalue weighted by molar-refractivity contribution is -0.143. The summed E-state index contributed by atoms with van der Waals surface area (Å²) in [6.07, 6.45) is 9.43. The zero-order valence-electron chi connectivity index (χ0n) is 22.6. The lowest BCUT2D eigenvalue weighted by Crippen LogP contribution is -2.48. The van der Waals surface area contributed by atoms with Crippen molar-refractivity contribution in [1.29, 1.82) is 0 Å². The molecule has 0 bridgehead atoms. The smallest absolute Gasteiger partial charge is 0.233 e. The number of benzene rings is 1. The Hall–Kier alpha value is -2.12. The third kappa shape index (κ3) is 4.89. The van der Waals surface area contributed by atoms with Gasteiger partial charge >= 0.3 is 0 Å². The van der Waals surface area contributed by atoms with Crippen molar-refractivity contribution in [2.75, 3.05) is 62.3 Å². The van der Waals surface area contributed by atoms with E-state index in [9.17, 15) is 9.59 Å². The minimum absolute atomic E-state index is 0.103. The molecule has 202 valence electrons. The molecule has 6 rings (SSSR count). The number of nitrogens with zero attached hydrogens (tertiary/aromatic N) is 4. The van der Waals surface area contributed by atoms with Crippen LogP contribution in [-0.4, -0.2) is 86.2 Å². The van der Waals surface area contributed by atoms with E-state index in [0.29, 0.717) is 38.4 Å². The van der Waals surface area contributed by atoms with Crippen molar-refractivity contribution < 1.29 is 14.3 Å². The van der Waals surface area contributed by atoms with E-state index in [1.54, 1.807) is 0 Å². The van der Waals surface area contributed by atoms with E-state index in [4.69, 9.17) is 4.74 Å². The Kier molecular flexibility index (Phi) is 7.19. The highest BCUT2D eigenvalue weighted by molar-refractivity contribution is 6.00. The molecular formula is C30H44N4O3. The van der Waals surface area contributed by atoms with Crippen LogP contribution in [0.4, 0.5) is 11.4 Å². The lowest BCUT2D eigenvalue weighted by atomic mass is 9.76. The predicted octanol–water partition coefficient (Wildman–Crippen LogP) is 3.91. The zero-order chi connectivity index (χ0) is 25.4. The van der Waals surface area contributed by atoms with Crippen molar-refractivity contribution in [2.24, 2.45) is 11.3 Å². The molecule has 0 saturated carbocycles. The van der Waals surface area contributed by atoms with Gasteiger partial charge in [0.2, 0.25) is 11.8 Å². The molecule has 0 radical (unpaired) electrons. The Balaban J connectivity index is 1.04. The normalized spacial score (nSPS) is 29.4. The SMILES string of the molecule is C[C@H]1CCCCN1[C@H]1CCN(c2ccc(N3CCC4(CCN(C(=O)C5CCOCC5)CC4)C3=O)cc2)C1. The molecular weight excluding hydrogens is 464 g/mol. The van der Waals surface area contributed by atoms with Crippen molar-refractivity contribution in [3.05, 3.63) is 24.3 Å². The number of piperidine rings is 2. The van der Waals surface area contributed by atoms with Crippen LogP contribution in [-0.2, 0) is 14.3 Å². The van der Waals surface area contributed by atoms with E-state index in [1.165, 1.54) is 37.9 Å². The summed E-state index contributed by atoms with van der Waals surface area (Å²) >= 11 is 0. The van der Waals surface area contributed by atoms with Crippen LogP contribution in [0.25, 0.3) is 0 Å². The molecule has 2 atom stereocenters. The van der Waals surface area contributed by atoms with Gasteiger partial charge in [-0.1, -0.05) is 6.42 Å². The topological polar surface area (TPSA) is 56.3 Å². The highest BCUT2D eigenvalue weighted by Gasteiger charge is 2.49. The van der Waals surface area contributed by atoms with Gasteiger partial charge in [-0.05, 0) is 89.1 Å². The van der Waals surface area contributed by atoms with Crippen molar-refractivity contribution in [1.82, 2.24) is 9.80 Å². The summed E-state index contributed by atoms with van der Waals surface area (Å²) in [5, 5.41) is 0. The Morgan fingerprint density at radius 1 is 0.865 bits per heavy atom. The number of hydrogen-bond donors (Lipinski definition) is 0. The van der Waals surface area contributed by atoms with Gasteiger partial charge in [0, 0.05) is 75.3 Å². The fourth-order valence-corrected chi connectivity index (χ4v) is 7.64. The number of anilines is 2. The van der Waals surface area contributed by atoms with Crippen LogP contribution in [0, 0.1) is 11.3 Å². The molecule has 7 nitrogen and oxygen atoms in total. The van der Waals surface area contributed by atoms with E-state index >= 15 is 0 Å². The largest absolute Gasteiger partial charge is 0.381 e. The first-order chi connectivity index (χ1) is 18.0. The first-order valence-electron chi connectivity index (χ1n) is 14.8. The van der Waals surface area contributed by atoms with E-state index in [2.05, 4.69) is 41.0 Å². The Bertz CT molecular complexity index is 968. The van der Waals surface area contributed by atoms with Crippen LogP contribution in [0.2, 0.25) is 0 Å². The monoisotopic (exact) mass is 508 g/mol. The summed E-state index contributed by atoms with van der Waals surface area (Å²) in [7, 11) is 0. The van der Waals surface area contributed by atoms with Gasteiger partial charge in [-0.25, -0.2) is 0 Å². The molecule has 7 heteroatoms. The molecule has 5 aliphatic heterocycles. The number of carbonyl (C=O) groups excluding carboxylic acids is 2. The first kappa shape index (κ1) is 25.2. The maximum atomic E-state index is 13.6. The van der Waals surface area contributed by atoms with E-state index in [1.807, 2.05) is 9.80 Å². The van der Waals surface area contributed by atoms with Gasteiger partial charge in [0.25, 0.3) is 0 Å². The molecule has 0 unspecified atom stereocenters. The second kappa shape index (κ2) is 10.6. The molecule has 1 spiro atoms. The van der Waals surface area contributed by atoms with E-state index < -0.39 is 0 Å². The quantitative estimate of drug-likeness (QED) is 0.617. The number of hydrogen-bond acceptors (Lipinski definition) is 5. The van der Waals surface area contributed by atoms with Gasteiger partial charge in [0.1, 0.15) is 0 Å². The second-order valence-corrected chi connectivity index (χ2v) is 12.2. The minimum Gasteiger partial charge on any atom is -0.381 e. The van der Waals surface area contributed by atoms with Crippen molar-refractivity contribution >= 4 is 23.2 Å². The third-order valence-electron chi connectivity index (χ3n) is 10.1. The van der Waals surface area contributed by atoms with Crippen molar-refractivity contribution in [2.45, 2.75) is 76.8 Å². The molecule has 37 heavy (non-hydrogen) atoms. The maximum Gasteiger partial charge on any atom is 0.233 e. The highest BCUT2D eigenvalue weighted by atomic mass is 16.5. The molecule has 2 amide bonds. The van der Waals surface area contributed by atoms with Gasteiger partial charge in [-0.3, -0.25) is 14.5 Å². The van der Waals surface area contributed by atoms with E-state index in [0.717, 1.165) is 57.4 Å². The summed E-state index contributed by atoms with van der Waals surface area (Å²) in [5.74, 6) is 0.639. The molecule has 5 saturated heterocycles. The summed E-state index contributed by atoms with van der Waals surface area (Å²) in [6, 6.07) is 10.1. The number of carbonyl (C=O) groups is 2. The lowest BCUT2D eigenvalue weighted by Gasteiger charge is -2.39. The van der Waals surface area contributed by atoms with Crippen LogP contribution in [0.1, 0.15) is 64.7 Å². The van der Waals surface area contributed by atoms with Crippen LogP contribution < -0.4 is 9.80 Å². The molecule has 1 aromatic carbocycles. The molecule has 1 aromatic rings. The average Bonchev–Trinajstić information content (AvgIpc) is 3.55.